The normalized spacial score (nSPS) is 9.05. The fourth-order valence-corrected chi connectivity index (χ4v) is 1.40. The molecule has 1 rings (SSSR count). The highest BCUT2D eigenvalue weighted by Crippen LogP contribution is 2.35. The maximum Gasteiger partial charge on any atom is 0.290 e. The lowest BCUT2D eigenvalue weighted by atomic mass is 10.1. The Morgan fingerprint density at radius 1 is 0.952 bits per heavy atom. The molecule has 1 aromatic carbocycles. The lowest BCUT2D eigenvalue weighted by Crippen LogP contribution is -2.00. The molecule has 0 saturated carbocycles. The van der Waals surface area contributed by atoms with E-state index in [4.69, 9.17) is 10.5 Å². The molecule has 0 N–H and O–H groups in total. The highest BCUT2D eigenvalue weighted by atomic mass is 16.6. The Balaban J connectivity index is 3.84. The minimum Gasteiger partial charge on any atom is -0.258 e. The van der Waals surface area contributed by atoms with Gasteiger partial charge in [0.2, 0.25) is 0 Å². The summed E-state index contributed by atoms with van der Waals surface area (Å²) in [6.07, 6.45) is 0.639. The van der Waals surface area contributed by atoms with Gasteiger partial charge in [0.1, 0.15) is 23.3 Å². The molecule has 0 aliphatic carbocycles. The maximum atomic E-state index is 10.9. The van der Waals surface area contributed by atoms with E-state index in [2.05, 4.69) is 0 Å². The van der Waals surface area contributed by atoms with Crippen LogP contribution in [0.25, 0.3) is 6.08 Å². The zero-order valence-corrected chi connectivity index (χ0v) is 9.92. The Hall–Kier alpha value is -3.86. The first-order valence-corrected chi connectivity index (χ1v) is 4.95. The Labute approximate surface area is 115 Å². The van der Waals surface area contributed by atoms with Crippen LogP contribution in [0.5, 0.6) is 0 Å². The molecule has 104 valence electrons. The lowest BCUT2D eigenvalue weighted by molar-refractivity contribution is -0.403. The van der Waals surface area contributed by atoms with E-state index in [0.29, 0.717) is 18.2 Å². The number of non-ortho nitro benzene ring substituents is 1. The van der Waals surface area contributed by atoms with Crippen molar-refractivity contribution in [1.29, 1.82) is 10.5 Å². The number of nitro benzene ring substituents is 3. The number of benzene rings is 1. The Bertz CT molecular complexity index is 718. The van der Waals surface area contributed by atoms with Crippen molar-refractivity contribution in [2.24, 2.45) is 0 Å². The van der Waals surface area contributed by atoms with Crippen LogP contribution in [0.4, 0.5) is 17.1 Å². The first-order valence-electron chi connectivity index (χ1n) is 4.95. The monoisotopic (exact) mass is 289 g/mol. The van der Waals surface area contributed by atoms with Gasteiger partial charge in [-0.05, 0) is 6.08 Å². The molecule has 0 spiro atoms. The minimum absolute atomic E-state index is 0.519. The van der Waals surface area contributed by atoms with E-state index in [1.165, 1.54) is 12.1 Å². The van der Waals surface area contributed by atoms with Crippen molar-refractivity contribution in [1.82, 2.24) is 0 Å². The van der Waals surface area contributed by atoms with Crippen LogP contribution >= 0.6 is 0 Å². The second kappa shape index (κ2) is 5.85. The van der Waals surface area contributed by atoms with Crippen molar-refractivity contribution in [3.63, 3.8) is 0 Å². The second-order valence-electron chi connectivity index (χ2n) is 3.45. The summed E-state index contributed by atoms with van der Waals surface area (Å²) in [5.41, 5.74) is -4.01. The molecule has 0 aliphatic rings. The molecule has 11 nitrogen and oxygen atoms in total. The third kappa shape index (κ3) is 3.12. The van der Waals surface area contributed by atoms with E-state index >= 15 is 0 Å². The average molecular weight is 289 g/mol. The first-order chi connectivity index (χ1) is 9.81. The number of nitriles is 2. The number of rotatable bonds is 4. The number of nitrogens with zero attached hydrogens (tertiary/aromatic N) is 5. The topological polar surface area (TPSA) is 177 Å². The molecule has 0 fully saturated rings. The molecular formula is C10H3N5O6. The first kappa shape index (κ1) is 15.2. The summed E-state index contributed by atoms with van der Waals surface area (Å²) in [6, 6.07) is 3.82. The van der Waals surface area contributed by atoms with E-state index < -0.39 is 43.0 Å². The highest BCUT2D eigenvalue weighted by Gasteiger charge is 2.29. The van der Waals surface area contributed by atoms with Crippen molar-refractivity contribution in [2.45, 2.75) is 0 Å². The predicted octanol–water partition coefficient (Wildman–Crippen LogP) is 1.84. The summed E-state index contributed by atoms with van der Waals surface area (Å²) in [5.74, 6) is 0. The number of hydrogen-bond donors (Lipinski definition) is 0. The van der Waals surface area contributed by atoms with Crippen LogP contribution in [0.15, 0.2) is 17.7 Å². The molecule has 0 aromatic heterocycles. The van der Waals surface area contributed by atoms with Crippen molar-refractivity contribution < 1.29 is 14.8 Å². The molecule has 0 heterocycles. The molecule has 0 saturated heterocycles. The minimum atomic E-state index is -1.07. The second-order valence-corrected chi connectivity index (χ2v) is 3.45. The third-order valence-corrected chi connectivity index (χ3v) is 2.25. The number of hydrogen-bond acceptors (Lipinski definition) is 8. The van der Waals surface area contributed by atoms with Crippen LogP contribution in [0.1, 0.15) is 5.56 Å². The van der Waals surface area contributed by atoms with E-state index in [0.717, 1.165) is 0 Å². The number of allylic oxidation sites excluding steroid dienone is 1. The van der Waals surface area contributed by atoms with Crippen LogP contribution in [0, 0.1) is 53.0 Å². The fourth-order valence-electron chi connectivity index (χ4n) is 1.40. The smallest absolute Gasteiger partial charge is 0.258 e. The zero-order valence-electron chi connectivity index (χ0n) is 9.92. The van der Waals surface area contributed by atoms with E-state index in [1.54, 1.807) is 0 Å². The van der Waals surface area contributed by atoms with Gasteiger partial charge in [-0.3, -0.25) is 30.3 Å². The van der Waals surface area contributed by atoms with Gasteiger partial charge in [-0.25, -0.2) is 0 Å². The summed E-state index contributed by atoms with van der Waals surface area (Å²) in [6.45, 7) is 0. The predicted molar refractivity (Wildman–Crippen MR) is 65.6 cm³/mol. The molecule has 21 heavy (non-hydrogen) atoms. The van der Waals surface area contributed by atoms with Crippen molar-refractivity contribution >= 4 is 23.1 Å². The summed E-state index contributed by atoms with van der Waals surface area (Å²) < 4.78 is 0. The molecule has 0 aliphatic heterocycles. The van der Waals surface area contributed by atoms with E-state index in [-0.39, 0.29) is 0 Å². The van der Waals surface area contributed by atoms with Crippen LogP contribution in [0.2, 0.25) is 0 Å². The molecule has 1 aromatic rings. The van der Waals surface area contributed by atoms with Gasteiger partial charge in [-0.1, -0.05) is 0 Å². The zero-order chi connectivity index (χ0) is 16.2. The molecule has 0 amide bonds. The van der Waals surface area contributed by atoms with Gasteiger partial charge in [0.05, 0.1) is 26.9 Å². The maximum absolute atomic E-state index is 10.9. The van der Waals surface area contributed by atoms with Gasteiger partial charge in [0.25, 0.3) is 17.1 Å². The molecule has 0 bridgehead atoms. The number of nitro groups is 3. The van der Waals surface area contributed by atoms with Gasteiger partial charge in [0, 0.05) is 0 Å². The molecule has 0 radical (unpaired) electrons. The standard InChI is InChI=1S/C10H3N5O6/c11-4-6(5-12)1-8-9(14(18)19)2-7(13(16)17)3-10(8)15(20)21/h1-3H. The average Bonchev–Trinajstić information content (AvgIpc) is 2.43. The quantitative estimate of drug-likeness (QED) is 0.457. The van der Waals surface area contributed by atoms with E-state index in [9.17, 15) is 30.3 Å². The summed E-state index contributed by atoms with van der Waals surface area (Å²) >= 11 is 0. The van der Waals surface area contributed by atoms with E-state index in [1.807, 2.05) is 0 Å². The van der Waals surface area contributed by atoms with Crippen LogP contribution in [-0.4, -0.2) is 14.8 Å². The summed E-state index contributed by atoms with van der Waals surface area (Å²) in [5, 5.41) is 49.6. The van der Waals surface area contributed by atoms with Gasteiger partial charge < -0.3 is 0 Å². The lowest BCUT2D eigenvalue weighted by Gasteiger charge is -2.00. The molecule has 0 unspecified atom stereocenters. The van der Waals surface area contributed by atoms with Crippen LogP contribution in [0.3, 0.4) is 0 Å². The SMILES string of the molecule is N#CC(C#N)=Cc1c([N+](=O)[O-])cc([N+](=O)[O-])cc1[N+](=O)[O-]. The van der Waals surface area contributed by atoms with Gasteiger partial charge in [0.15, 0.2) is 0 Å². The van der Waals surface area contributed by atoms with Gasteiger partial charge in [-0.2, -0.15) is 10.5 Å². The van der Waals surface area contributed by atoms with Gasteiger partial charge in [-0.15, -0.1) is 0 Å². The fraction of sp³-hybridized carbons (Fsp3) is 0. The van der Waals surface area contributed by atoms with Crippen LogP contribution in [-0.2, 0) is 0 Å². The van der Waals surface area contributed by atoms with Crippen LogP contribution < -0.4 is 0 Å². The van der Waals surface area contributed by atoms with Crippen molar-refractivity contribution in [3.05, 3.63) is 53.6 Å². The van der Waals surface area contributed by atoms with Crippen molar-refractivity contribution in [3.8, 4) is 12.1 Å². The molecule has 11 heteroatoms. The summed E-state index contributed by atoms with van der Waals surface area (Å²) in [4.78, 5) is 29.3. The van der Waals surface area contributed by atoms with Gasteiger partial charge >= 0.3 is 0 Å². The third-order valence-electron chi connectivity index (χ3n) is 2.25. The molecule has 0 atom stereocenters. The summed E-state index contributed by atoms with van der Waals surface area (Å²) in [7, 11) is 0. The Morgan fingerprint density at radius 3 is 1.67 bits per heavy atom. The van der Waals surface area contributed by atoms with Crippen molar-refractivity contribution in [2.75, 3.05) is 0 Å². The largest absolute Gasteiger partial charge is 0.290 e. The Kier molecular flexibility index (Phi) is 4.24. The Morgan fingerprint density at radius 2 is 1.38 bits per heavy atom. The molecular weight excluding hydrogens is 286 g/mol. The highest BCUT2D eigenvalue weighted by molar-refractivity contribution is 5.77.